The summed E-state index contributed by atoms with van der Waals surface area (Å²) in [5.41, 5.74) is 2.27. The number of aryl methyl sites for hydroxylation is 2. The fourth-order valence-electron chi connectivity index (χ4n) is 9.74. The summed E-state index contributed by atoms with van der Waals surface area (Å²) in [6.07, 6.45) is 36.7. The normalized spacial score (nSPS) is 20.6. The summed E-state index contributed by atoms with van der Waals surface area (Å²) in [5, 5.41) is 37.6. The van der Waals surface area contributed by atoms with Crippen molar-refractivity contribution in [1.82, 2.24) is 5.32 Å². The third-order valence-corrected chi connectivity index (χ3v) is 13.9. The highest BCUT2D eigenvalue weighted by Gasteiger charge is 2.48. The lowest BCUT2D eigenvalue weighted by Gasteiger charge is -2.45. The van der Waals surface area contributed by atoms with Gasteiger partial charge in [-0.1, -0.05) is 198 Å². The van der Waals surface area contributed by atoms with Gasteiger partial charge in [0.1, 0.15) is 5.78 Å². The van der Waals surface area contributed by atoms with Gasteiger partial charge in [0, 0.05) is 43.6 Å². The summed E-state index contributed by atoms with van der Waals surface area (Å²) in [4.78, 5) is 65.6. The molecule has 1 aromatic carbocycles. The largest absolute Gasteiger partial charge is 0.481 e. The number of carbonyl (C=O) groups excluding carboxylic acids is 2. The topological polar surface area (TPSA) is 195 Å². The lowest BCUT2D eigenvalue weighted by atomic mass is 9.67. The molecule has 2 aliphatic carbocycles. The zero-order chi connectivity index (χ0) is 49.7. The van der Waals surface area contributed by atoms with E-state index in [0.29, 0.717) is 43.8 Å². The third kappa shape index (κ3) is 32.6. The highest BCUT2D eigenvalue weighted by molar-refractivity contribution is 5.84. The number of carboxylic acid groups (broad SMARTS) is 4. The summed E-state index contributed by atoms with van der Waals surface area (Å²) < 4.78 is 0. The number of Topliss-reactive ketones (excluding diaryl/α,β-unsaturated/α-hetero) is 1. The molecule has 0 radical (unpaired) electrons. The molecule has 4 aliphatic rings. The number of rotatable bonds is 26. The highest BCUT2D eigenvalue weighted by Crippen LogP contribution is 2.40. The van der Waals surface area contributed by atoms with Crippen LogP contribution in [-0.2, 0) is 35.2 Å². The van der Waals surface area contributed by atoms with Gasteiger partial charge in [-0.3, -0.25) is 28.8 Å². The molecular formula is C56H95NO10. The number of piperidine rings is 2. The molecule has 4 fully saturated rings. The van der Waals surface area contributed by atoms with Crippen molar-refractivity contribution in [3.8, 4) is 0 Å². The molecule has 11 heteroatoms. The van der Waals surface area contributed by atoms with Crippen LogP contribution in [-0.4, -0.2) is 62.0 Å². The first-order valence-corrected chi connectivity index (χ1v) is 26.9. The number of carboxylic acids is 4. The van der Waals surface area contributed by atoms with Crippen LogP contribution in [0.4, 0.5) is 0 Å². The highest BCUT2D eigenvalue weighted by atomic mass is 16.4. The molecule has 2 bridgehead atoms. The van der Waals surface area contributed by atoms with Crippen molar-refractivity contribution in [2.45, 2.75) is 252 Å². The predicted octanol–water partition coefficient (Wildman–Crippen LogP) is 13.9. The van der Waals surface area contributed by atoms with E-state index in [-0.39, 0.29) is 42.5 Å². The summed E-state index contributed by atoms with van der Waals surface area (Å²) in [7, 11) is 0. The van der Waals surface area contributed by atoms with E-state index < -0.39 is 23.9 Å². The van der Waals surface area contributed by atoms with Crippen LogP contribution in [0.1, 0.15) is 244 Å². The molecule has 0 aromatic heterocycles. The van der Waals surface area contributed by atoms with Crippen LogP contribution in [0.15, 0.2) is 24.3 Å². The summed E-state index contributed by atoms with van der Waals surface area (Å²) in [5.74, 6) is -1.78. The van der Waals surface area contributed by atoms with E-state index in [9.17, 15) is 28.8 Å². The van der Waals surface area contributed by atoms with E-state index in [1.165, 1.54) is 128 Å². The van der Waals surface area contributed by atoms with Gasteiger partial charge in [0.25, 0.3) is 0 Å². The molecule has 67 heavy (non-hydrogen) atoms. The number of aliphatic carboxylic acids is 4. The Balaban J connectivity index is 0.000000458. The number of unbranched alkanes of at least 4 members (excludes halogenated alkanes) is 14. The number of carbonyl (C=O) groups is 6. The average Bonchev–Trinajstić information content (AvgIpc) is 3.28. The molecule has 2 aliphatic heterocycles. The molecule has 5 rings (SSSR count). The smallest absolute Gasteiger partial charge is 0.308 e. The van der Waals surface area contributed by atoms with E-state index in [0.717, 1.165) is 62.8 Å². The Kier molecular flexibility index (Phi) is 35.8. The van der Waals surface area contributed by atoms with Crippen molar-refractivity contribution in [3.05, 3.63) is 35.4 Å². The van der Waals surface area contributed by atoms with Crippen LogP contribution in [0.3, 0.4) is 0 Å². The van der Waals surface area contributed by atoms with Crippen LogP contribution < -0.4 is 5.32 Å². The van der Waals surface area contributed by atoms with Crippen LogP contribution in [0.25, 0.3) is 0 Å². The number of amides is 1. The molecule has 384 valence electrons. The van der Waals surface area contributed by atoms with E-state index in [1.807, 2.05) is 31.2 Å². The first-order valence-electron chi connectivity index (χ1n) is 26.9. The van der Waals surface area contributed by atoms with Gasteiger partial charge < -0.3 is 25.7 Å². The van der Waals surface area contributed by atoms with Crippen LogP contribution in [0.2, 0.25) is 0 Å². The summed E-state index contributed by atoms with van der Waals surface area (Å²) >= 11 is 0. The monoisotopic (exact) mass is 942 g/mol. The molecule has 11 nitrogen and oxygen atoms in total. The maximum absolute atomic E-state index is 12.0. The molecule has 0 spiro atoms. The van der Waals surface area contributed by atoms with Crippen LogP contribution in [0, 0.1) is 36.5 Å². The molecule has 2 saturated heterocycles. The lowest BCUT2D eigenvalue weighted by molar-refractivity contribution is -0.152. The SMILES string of the molecule is CC(C)CCCCCCCCCCCCCCCCCC(=O)O.CCC1CC2CC(C(=O)O)C1NC2=O.Cc1cccc(CCC(=O)O)c1.O=C(O)CCC1CCCCCCCCCCC1=O. The van der Waals surface area contributed by atoms with Gasteiger partial charge in [-0.25, -0.2) is 0 Å². The van der Waals surface area contributed by atoms with E-state index in [4.69, 9.17) is 20.4 Å². The quantitative estimate of drug-likeness (QED) is 0.0558. The minimum Gasteiger partial charge on any atom is -0.481 e. The standard InChI is InChI=1S/C21H42O2.C15H26O3.C10H15NO3.C10H12O2/c1-20(2)18-16-14-12-10-8-6-4-3-5-7-9-11-13-15-17-19-21(22)23;16-14-10-8-6-4-2-1-3-5-7-9-13(14)11-12-15(17)18;1-2-5-3-6-4-7(10(13)14)8(5)11-9(6)12;1-8-3-2-4-9(7-8)5-6-10(11)12/h20H,3-19H2,1-2H3,(H,22,23);13H,1-12H2,(H,17,18);5-8H,2-4H2,1H3,(H,11,12)(H,13,14);2-4,7H,5-6H2,1H3,(H,11,12). The van der Waals surface area contributed by atoms with Gasteiger partial charge in [-0.2, -0.15) is 0 Å². The van der Waals surface area contributed by atoms with Crippen molar-refractivity contribution in [3.63, 3.8) is 0 Å². The second-order valence-corrected chi connectivity index (χ2v) is 20.3. The van der Waals surface area contributed by atoms with Crippen molar-refractivity contribution in [2.24, 2.45) is 29.6 Å². The first kappa shape index (κ1) is 61.3. The van der Waals surface area contributed by atoms with Crippen molar-refractivity contribution in [2.75, 3.05) is 0 Å². The van der Waals surface area contributed by atoms with Crippen LogP contribution >= 0.6 is 0 Å². The second-order valence-electron chi connectivity index (χ2n) is 20.3. The molecule has 1 amide bonds. The number of ketones is 1. The van der Waals surface area contributed by atoms with Gasteiger partial charge in [-0.05, 0) is 69.3 Å². The zero-order valence-corrected chi connectivity index (χ0v) is 42.6. The number of benzene rings is 1. The van der Waals surface area contributed by atoms with Gasteiger partial charge in [0.15, 0.2) is 0 Å². The molecule has 2 heterocycles. The minimum absolute atomic E-state index is 0.000488. The fourth-order valence-corrected chi connectivity index (χ4v) is 9.74. The Morgan fingerprint density at radius 1 is 0.642 bits per heavy atom. The van der Waals surface area contributed by atoms with E-state index >= 15 is 0 Å². The van der Waals surface area contributed by atoms with Gasteiger partial charge in [-0.15, -0.1) is 0 Å². The van der Waals surface area contributed by atoms with Crippen LogP contribution in [0.5, 0.6) is 0 Å². The maximum Gasteiger partial charge on any atom is 0.308 e. The molecule has 1 aromatic rings. The summed E-state index contributed by atoms with van der Waals surface area (Å²) in [6.45, 7) is 8.69. The first-order chi connectivity index (χ1) is 32.1. The molecule has 5 atom stereocenters. The van der Waals surface area contributed by atoms with Crippen molar-refractivity contribution < 1.29 is 49.2 Å². The van der Waals surface area contributed by atoms with E-state index in [2.05, 4.69) is 26.1 Å². The molecule has 5 unspecified atom stereocenters. The fraction of sp³-hybridized carbons (Fsp3) is 0.786. The Morgan fingerprint density at radius 2 is 1.15 bits per heavy atom. The Labute approximate surface area is 405 Å². The zero-order valence-electron chi connectivity index (χ0n) is 42.6. The van der Waals surface area contributed by atoms with Crippen molar-refractivity contribution >= 4 is 35.6 Å². The minimum atomic E-state index is -0.783. The van der Waals surface area contributed by atoms with Crippen molar-refractivity contribution in [1.29, 1.82) is 0 Å². The maximum atomic E-state index is 12.0. The predicted molar refractivity (Wildman–Crippen MR) is 269 cm³/mol. The van der Waals surface area contributed by atoms with Gasteiger partial charge in [0.2, 0.25) is 5.91 Å². The number of hydrogen-bond acceptors (Lipinski definition) is 6. The number of fused-ring (bicyclic) bond motifs is 3. The lowest BCUT2D eigenvalue weighted by Crippen LogP contribution is -2.60. The molecule has 5 N–H and O–H groups in total. The Hall–Kier alpha value is -3.76. The Bertz CT molecular complexity index is 1510. The van der Waals surface area contributed by atoms with E-state index in [1.54, 1.807) is 0 Å². The molecule has 2 saturated carbocycles. The average molecular weight is 942 g/mol. The number of hydrogen-bond donors (Lipinski definition) is 5. The molecular weight excluding hydrogens is 847 g/mol. The second kappa shape index (κ2) is 39.1. The Morgan fingerprint density at radius 3 is 1.63 bits per heavy atom. The van der Waals surface area contributed by atoms with Gasteiger partial charge in [0.05, 0.1) is 5.92 Å². The van der Waals surface area contributed by atoms with Gasteiger partial charge >= 0.3 is 23.9 Å². The summed E-state index contributed by atoms with van der Waals surface area (Å²) in [6, 6.07) is 7.80. The number of nitrogens with one attached hydrogen (secondary N) is 1. The third-order valence-electron chi connectivity index (χ3n) is 13.9.